The van der Waals surface area contributed by atoms with Gasteiger partial charge in [0.15, 0.2) is 5.43 Å². The minimum Gasteiger partial charge on any atom is -0.450 e. The first-order valence-corrected chi connectivity index (χ1v) is 11.0. The first kappa shape index (κ1) is 21.3. The molecule has 9 heteroatoms. The summed E-state index contributed by atoms with van der Waals surface area (Å²) in [5.74, 6) is -0.286. The van der Waals surface area contributed by atoms with Crippen LogP contribution in [0.25, 0.3) is 11.0 Å². The van der Waals surface area contributed by atoms with Gasteiger partial charge in [0.05, 0.1) is 35.1 Å². The number of hydrogen-bond acceptors (Lipinski definition) is 7. The summed E-state index contributed by atoms with van der Waals surface area (Å²) in [6.45, 7) is 4.34. The largest absolute Gasteiger partial charge is 0.450 e. The molecule has 0 N–H and O–H groups in total. The van der Waals surface area contributed by atoms with Crippen molar-refractivity contribution in [1.29, 1.82) is 0 Å². The Hall–Kier alpha value is -3.56. The van der Waals surface area contributed by atoms with Crippen molar-refractivity contribution in [3.05, 3.63) is 85.8 Å². The van der Waals surface area contributed by atoms with Crippen LogP contribution in [-0.4, -0.2) is 60.0 Å². The maximum Gasteiger partial charge on any atom is 0.290 e. The molecule has 3 aromatic rings. The van der Waals surface area contributed by atoms with Crippen molar-refractivity contribution in [2.75, 3.05) is 39.4 Å². The van der Waals surface area contributed by atoms with Gasteiger partial charge in [0, 0.05) is 38.3 Å². The van der Waals surface area contributed by atoms with Gasteiger partial charge in [-0.25, -0.2) is 0 Å². The number of nitro groups is 1. The lowest BCUT2D eigenvalue weighted by Crippen LogP contribution is -2.38. The van der Waals surface area contributed by atoms with E-state index in [2.05, 4.69) is 4.90 Å². The van der Waals surface area contributed by atoms with Crippen molar-refractivity contribution < 1.29 is 18.9 Å². The molecule has 0 bridgehead atoms. The average molecular weight is 449 g/mol. The number of nitro benzene ring substituents is 1. The third-order valence-corrected chi connectivity index (χ3v) is 6.27. The van der Waals surface area contributed by atoms with Crippen LogP contribution in [0.1, 0.15) is 34.1 Å². The minimum atomic E-state index is -0.654. The van der Waals surface area contributed by atoms with E-state index in [0.717, 1.165) is 26.1 Å². The van der Waals surface area contributed by atoms with Gasteiger partial charge in [0.25, 0.3) is 11.6 Å². The molecule has 1 fully saturated rings. The van der Waals surface area contributed by atoms with Gasteiger partial charge in [-0.15, -0.1) is 0 Å². The molecule has 170 valence electrons. The van der Waals surface area contributed by atoms with Crippen molar-refractivity contribution in [3.8, 4) is 0 Å². The van der Waals surface area contributed by atoms with Crippen LogP contribution in [0.4, 0.5) is 5.69 Å². The second kappa shape index (κ2) is 8.76. The van der Waals surface area contributed by atoms with Gasteiger partial charge in [-0.05, 0) is 36.2 Å². The summed E-state index contributed by atoms with van der Waals surface area (Å²) in [6, 6.07) is 12.2. The molecule has 0 unspecified atom stereocenters. The van der Waals surface area contributed by atoms with E-state index in [0.29, 0.717) is 41.9 Å². The normalized spacial score (nSPS) is 18.6. The number of carbonyl (C=O) groups is 1. The van der Waals surface area contributed by atoms with Crippen molar-refractivity contribution in [1.82, 2.24) is 9.80 Å². The summed E-state index contributed by atoms with van der Waals surface area (Å²) in [4.78, 5) is 41.4. The lowest BCUT2D eigenvalue weighted by molar-refractivity contribution is -0.384. The maximum atomic E-state index is 13.4. The molecule has 2 aliphatic heterocycles. The quantitative estimate of drug-likeness (QED) is 0.421. The summed E-state index contributed by atoms with van der Waals surface area (Å²) < 4.78 is 11.3. The summed E-state index contributed by atoms with van der Waals surface area (Å²) in [6.07, 6.45) is 0.719. The van der Waals surface area contributed by atoms with Gasteiger partial charge >= 0.3 is 0 Å². The molecule has 1 aromatic heterocycles. The fourth-order valence-electron chi connectivity index (χ4n) is 4.61. The Morgan fingerprint density at radius 1 is 1.00 bits per heavy atom. The highest BCUT2D eigenvalue weighted by molar-refractivity contribution is 5.99. The molecule has 0 saturated carbocycles. The van der Waals surface area contributed by atoms with Gasteiger partial charge < -0.3 is 14.1 Å². The predicted octanol–water partition coefficient (Wildman–Crippen LogP) is 2.97. The molecule has 0 aliphatic carbocycles. The van der Waals surface area contributed by atoms with E-state index in [9.17, 15) is 19.7 Å². The Morgan fingerprint density at radius 3 is 2.45 bits per heavy atom. The molecule has 1 saturated heterocycles. The molecule has 3 heterocycles. The number of benzene rings is 2. The van der Waals surface area contributed by atoms with Crippen LogP contribution < -0.4 is 5.43 Å². The zero-order chi connectivity index (χ0) is 22.9. The highest BCUT2D eigenvalue weighted by Gasteiger charge is 2.42. The molecule has 1 amide bonds. The molecule has 5 rings (SSSR count). The molecule has 2 aliphatic rings. The van der Waals surface area contributed by atoms with Crippen LogP contribution >= 0.6 is 0 Å². The molecule has 9 nitrogen and oxygen atoms in total. The smallest absolute Gasteiger partial charge is 0.290 e. The fourth-order valence-corrected chi connectivity index (χ4v) is 4.61. The highest BCUT2D eigenvalue weighted by Crippen LogP contribution is 2.38. The van der Waals surface area contributed by atoms with Crippen LogP contribution in [0.2, 0.25) is 0 Å². The van der Waals surface area contributed by atoms with Crippen molar-refractivity contribution >= 4 is 22.6 Å². The van der Waals surface area contributed by atoms with Crippen LogP contribution in [-0.2, 0) is 4.74 Å². The van der Waals surface area contributed by atoms with E-state index in [4.69, 9.17) is 9.15 Å². The van der Waals surface area contributed by atoms with Gasteiger partial charge in [0.2, 0.25) is 5.76 Å². The van der Waals surface area contributed by atoms with E-state index in [-0.39, 0.29) is 22.8 Å². The van der Waals surface area contributed by atoms with Crippen LogP contribution in [0.5, 0.6) is 0 Å². The topological polar surface area (TPSA) is 106 Å². The average Bonchev–Trinajstić information content (AvgIpc) is 3.12. The second-order valence-corrected chi connectivity index (χ2v) is 8.23. The summed E-state index contributed by atoms with van der Waals surface area (Å²) in [5.41, 5.74) is 1.000. The van der Waals surface area contributed by atoms with Gasteiger partial charge in [-0.1, -0.05) is 12.1 Å². The number of non-ortho nitro benzene ring substituents is 1. The third-order valence-electron chi connectivity index (χ3n) is 6.27. The predicted molar refractivity (Wildman–Crippen MR) is 120 cm³/mol. The number of hydrogen-bond donors (Lipinski definition) is 0. The second-order valence-electron chi connectivity index (χ2n) is 8.23. The first-order valence-electron chi connectivity index (χ1n) is 11.0. The Bertz CT molecular complexity index is 1260. The Balaban J connectivity index is 1.52. The maximum absolute atomic E-state index is 13.4. The van der Waals surface area contributed by atoms with Gasteiger partial charge in [0.1, 0.15) is 5.58 Å². The molecule has 1 atom stereocenters. The lowest BCUT2D eigenvalue weighted by atomic mass is 9.98. The number of morpholine rings is 1. The standard InChI is InChI=1S/C24H23N3O6/c28-22-18-4-1-2-5-19(18)33-23-20(22)21(16-6-8-17(9-7-16)27(30)31)26(24(23)29)11-3-10-25-12-14-32-15-13-25/h1-2,4-9,21H,3,10-15H2/t21-/m0/s1. The number of nitrogens with zero attached hydrogens (tertiary/aromatic N) is 3. The third kappa shape index (κ3) is 3.90. The Kier molecular flexibility index (Phi) is 5.65. The van der Waals surface area contributed by atoms with E-state index in [1.54, 1.807) is 41.3 Å². The minimum absolute atomic E-state index is 0.0484. The summed E-state index contributed by atoms with van der Waals surface area (Å²) in [5, 5.41) is 11.5. The van der Waals surface area contributed by atoms with Crippen LogP contribution in [0, 0.1) is 10.1 Å². The summed E-state index contributed by atoms with van der Waals surface area (Å²) in [7, 11) is 0. The van der Waals surface area contributed by atoms with Gasteiger partial charge in [-0.3, -0.25) is 24.6 Å². The van der Waals surface area contributed by atoms with Crippen LogP contribution in [0.15, 0.2) is 57.7 Å². The fraction of sp³-hybridized carbons (Fsp3) is 0.333. The monoisotopic (exact) mass is 449 g/mol. The number of carbonyl (C=O) groups excluding carboxylic acids is 1. The van der Waals surface area contributed by atoms with E-state index >= 15 is 0 Å². The zero-order valence-corrected chi connectivity index (χ0v) is 17.9. The first-order chi connectivity index (χ1) is 16.0. The van der Waals surface area contributed by atoms with E-state index < -0.39 is 11.0 Å². The van der Waals surface area contributed by atoms with Crippen molar-refractivity contribution in [2.24, 2.45) is 0 Å². The number of fused-ring (bicyclic) bond motifs is 2. The molecule has 2 aromatic carbocycles. The van der Waals surface area contributed by atoms with Crippen molar-refractivity contribution in [3.63, 3.8) is 0 Å². The van der Waals surface area contributed by atoms with E-state index in [1.165, 1.54) is 12.1 Å². The lowest BCUT2D eigenvalue weighted by Gasteiger charge is -2.29. The van der Waals surface area contributed by atoms with Crippen LogP contribution in [0.3, 0.4) is 0 Å². The number of ether oxygens (including phenoxy) is 1. The molecule has 0 spiro atoms. The zero-order valence-electron chi connectivity index (χ0n) is 17.9. The molecular weight excluding hydrogens is 426 g/mol. The van der Waals surface area contributed by atoms with Crippen molar-refractivity contribution in [2.45, 2.75) is 12.5 Å². The highest BCUT2D eigenvalue weighted by atomic mass is 16.6. The summed E-state index contributed by atoms with van der Waals surface area (Å²) >= 11 is 0. The molecule has 0 radical (unpaired) electrons. The number of amides is 1. The molecule has 33 heavy (non-hydrogen) atoms. The Labute approximate surface area is 189 Å². The van der Waals surface area contributed by atoms with E-state index in [1.807, 2.05) is 0 Å². The number of rotatable bonds is 6. The number of para-hydroxylation sites is 1. The SMILES string of the molecule is O=C1c2oc3ccccc3c(=O)c2[C@H](c2ccc([N+](=O)[O-])cc2)N1CCCN1CCOCC1. The van der Waals surface area contributed by atoms with Gasteiger partial charge in [-0.2, -0.15) is 0 Å². The molecular formula is C24H23N3O6. The Morgan fingerprint density at radius 2 is 1.73 bits per heavy atom.